The zero-order valence-electron chi connectivity index (χ0n) is 15.9. The second-order valence-corrected chi connectivity index (χ2v) is 6.91. The van der Waals surface area contributed by atoms with Gasteiger partial charge in [0.1, 0.15) is 17.6 Å². The molecular formula is C23H14N2O6. The van der Waals surface area contributed by atoms with E-state index < -0.39 is 17.7 Å². The van der Waals surface area contributed by atoms with Crippen LogP contribution in [0.25, 0.3) is 5.76 Å². The minimum atomic E-state index is -0.978. The molecular weight excluding hydrogens is 400 g/mol. The highest BCUT2D eigenvalue weighted by molar-refractivity contribution is 6.51. The maximum absolute atomic E-state index is 13.0. The molecule has 8 nitrogen and oxygen atoms in total. The van der Waals surface area contributed by atoms with Gasteiger partial charge in [0.15, 0.2) is 11.5 Å². The third kappa shape index (κ3) is 2.91. The third-order valence-electron chi connectivity index (χ3n) is 5.18. The van der Waals surface area contributed by atoms with E-state index in [1.807, 2.05) is 6.07 Å². The van der Waals surface area contributed by atoms with Gasteiger partial charge in [0.2, 0.25) is 6.79 Å². The van der Waals surface area contributed by atoms with Crippen LogP contribution in [0.1, 0.15) is 22.9 Å². The number of carbonyl (C=O) groups excluding carboxylic acids is 2. The molecule has 1 fully saturated rings. The Morgan fingerprint density at radius 1 is 1.06 bits per heavy atom. The summed E-state index contributed by atoms with van der Waals surface area (Å²) in [5, 5.41) is 20.1. The minimum Gasteiger partial charge on any atom is -0.507 e. The molecule has 1 aromatic heterocycles. The summed E-state index contributed by atoms with van der Waals surface area (Å²) in [6, 6.07) is 15.3. The second-order valence-electron chi connectivity index (χ2n) is 6.91. The van der Waals surface area contributed by atoms with E-state index in [4.69, 9.17) is 19.2 Å². The number of carbonyl (C=O) groups is 2. The van der Waals surface area contributed by atoms with Crippen molar-refractivity contribution in [2.75, 3.05) is 11.7 Å². The molecule has 2 aromatic carbocycles. The first kappa shape index (κ1) is 18.5. The minimum absolute atomic E-state index is 0.0645. The van der Waals surface area contributed by atoms with E-state index in [-0.39, 0.29) is 18.1 Å². The summed E-state index contributed by atoms with van der Waals surface area (Å²) in [5.74, 6) is -0.744. The van der Waals surface area contributed by atoms with E-state index in [2.05, 4.69) is 0 Å². The Hall–Kier alpha value is -4.51. The number of hydrogen-bond acceptors (Lipinski definition) is 7. The number of aliphatic hydroxyl groups excluding tert-OH is 1. The monoisotopic (exact) mass is 414 g/mol. The van der Waals surface area contributed by atoms with Crippen LogP contribution >= 0.6 is 0 Å². The fraction of sp³-hybridized carbons (Fsp3) is 0.0870. The highest BCUT2D eigenvalue weighted by Gasteiger charge is 2.48. The van der Waals surface area contributed by atoms with E-state index in [1.165, 1.54) is 11.2 Å². The third-order valence-corrected chi connectivity index (χ3v) is 5.18. The quantitative estimate of drug-likeness (QED) is 0.396. The summed E-state index contributed by atoms with van der Waals surface area (Å²) >= 11 is 0. The zero-order valence-corrected chi connectivity index (χ0v) is 15.9. The molecule has 5 rings (SSSR count). The summed E-state index contributed by atoms with van der Waals surface area (Å²) in [5.41, 5.74) is 1.00. The number of Topliss-reactive ketones (excluding diaryl/α,β-unsaturated/α-hetero) is 1. The standard InChI is InChI=1S/C23H14N2O6/c24-11-13-3-6-15(7-4-13)25-20(17-2-1-9-29-17)19(22(27)23(25)28)21(26)14-5-8-16-18(10-14)31-12-30-16/h1-10,20,26H,12H2/b21-19-. The summed E-state index contributed by atoms with van der Waals surface area (Å²) in [6.07, 6.45) is 1.43. The van der Waals surface area contributed by atoms with Crippen molar-refractivity contribution < 1.29 is 28.6 Å². The normalized spacial score (nSPS) is 18.9. The highest BCUT2D eigenvalue weighted by atomic mass is 16.7. The smallest absolute Gasteiger partial charge is 0.300 e. The number of hydrogen-bond donors (Lipinski definition) is 1. The van der Waals surface area contributed by atoms with Gasteiger partial charge in [0.05, 0.1) is 23.5 Å². The molecule has 1 N–H and O–H groups in total. The number of amides is 1. The lowest BCUT2D eigenvalue weighted by atomic mass is 9.99. The Morgan fingerprint density at radius 2 is 1.84 bits per heavy atom. The van der Waals surface area contributed by atoms with Crippen LogP contribution in [-0.2, 0) is 9.59 Å². The van der Waals surface area contributed by atoms with Crippen LogP contribution in [0.3, 0.4) is 0 Å². The molecule has 1 atom stereocenters. The van der Waals surface area contributed by atoms with Gasteiger partial charge >= 0.3 is 0 Å². The lowest BCUT2D eigenvalue weighted by molar-refractivity contribution is -0.132. The molecule has 3 aromatic rings. The lowest BCUT2D eigenvalue weighted by Gasteiger charge is -2.23. The van der Waals surface area contributed by atoms with Crippen molar-refractivity contribution in [3.05, 3.63) is 83.3 Å². The van der Waals surface area contributed by atoms with Gasteiger partial charge in [-0.15, -0.1) is 0 Å². The largest absolute Gasteiger partial charge is 0.507 e. The van der Waals surface area contributed by atoms with Crippen LogP contribution in [0.4, 0.5) is 5.69 Å². The SMILES string of the molecule is N#Cc1ccc(N2C(=O)C(=O)/C(=C(\O)c3ccc4c(c3)OCO4)C2c2ccco2)cc1. The number of furan rings is 1. The number of aliphatic hydroxyl groups is 1. The molecule has 0 bridgehead atoms. The number of nitriles is 1. The van der Waals surface area contributed by atoms with Gasteiger partial charge in [0.25, 0.3) is 11.7 Å². The second kappa shape index (κ2) is 7.07. The first-order valence-electron chi connectivity index (χ1n) is 9.33. The van der Waals surface area contributed by atoms with Crippen LogP contribution in [-0.4, -0.2) is 23.6 Å². The predicted octanol–water partition coefficient (Wildman–Crippen LogP) is 3.51. The van der Waals surface area contributed by atoms with Gasteiger partial charge in [-0.25, -0.2) is 0 Å². The maximum atomic E-state index is 13.0. The predicted molar refractivity (Wildman–Crippen MR) is 107 cm³/mol. The van der Waals surface area contributed by atoms with Crippen LogP contribution in [0.2, 0.25) is 0 Å². The molecule has 0 saturated carbocycles. The Balaban J connectivity index is 1.67. The molecule has 1 saturated heterocycles. The molecule has 2 aliphatic rings. The van der Waals surface area contributed by atoms with E-state index in [0.29, 0.717) is 34.1 Å². The molecule has 0 aliphatic carbocycles. The van der Waals surface area contributed by atoms with Gasteiger partial charge in [-0.2, -0.15) is 5.26 Å². The highest BCUT2D eigenvalue weighted by Crippen LogP contribution is 2.43. The van der Waals surface area contributed by atoms with Crippen molar-refractivity contribution in [3.8, 4) is 17.6 Å². The van der Waals surface area contributed by atoms with E-state index in [1.54, 1.807) is 54.6 Å². The number of nitrogens with zero attached hydrogens (tertiary/aromatic N) is 2. The Morgan fingerprint density at radius 3 is 2.55 bits per heavy atom. The van der Waals surface area contributed by atoms with Crippen molar-refractivity contribution in [1.29, 1.82) is 5.26 Å². The molecule has 0 spiro atoms. The fourth-order valence-corrected chi connectivity index (χ4v) is 3.71. The summed E-state index contributed by atoms with van der Waals surface area (Å²) in [7, 11) is 0. The average Bonchev–Trinajstić information content (AvgIpc) is 3.53. The molecule has 152 valence electrons. The van der Waals surface area contributed by atoms with Gasteiger partial charge in [-0.3, -0.25) is 14.5 Å². The van der Waals surface area contributed by atoms with Crippen LogP contribution in [0.5, 0.6) is 11.5 Å². The maximum Gasteiger partial charge on any atom is 0.300 e. The summed E-state index contributed by atoms with van der Waals surface area (Å²) in [4.78, 5) is 27.2. The Labute approximate surface area is 176 Å². The van der Waals surface area contributed by atoms with Crippen molar-refractivity contribution in [3.63, 3.8) is 0 Å². The van der Waals surface area contributed by atoms with Gasteiger partial charge in [-0.05, 0) is 54.6 Å². The van der Waals surface area contributed by atoms with Crippen molar-refractivity contribution in [1.82, 2.24) is 0 Å². The molecule has 0 radical (unpaired) electrons. The van der Waals surface area contributed by atoms with Crippen LogP contribution in [0.15, 0.2) is 70.9 Å². The number of ketones is 1. The zero-order chi connectivity index (χ0) is 21.5. The van der Waals surface area contributed by atoms with Crippen molar-refractivity contribution in [2.24, 2.45) is 0 Å². The molecule has 1 amide bonds. The van der Waals surface area contributed by atoms with E-state index in [9.17, 15) is 14.7 Å². The summed E-state index contributed by atoms with van der Waals surface area (Å²) < 4.78 is 16.1. The van der Waals surface area contributed by atoms with E-state index in [0.717, 1.165) is 0 Å². The number of ether oxygens (including phenoxy) is 2. The van der Waals surface area contributed by atoms with Gasteiger partial charge < -0.3 is 19.0 Å². The fourth-order valence-electron chi connectivity index (χ4n) is 3.71. The van der Waals surface area contributed by atoms with Crippen molar-refractivity contribution >= 4 is 23.1 Å². The molecule has 3 heterocycles. The first-order chi connectivity index (χ1) is 15.1. The van der Waals surface area contributed by atoms with Crippen LogP contribution in [0, 0.1) is 11.3 Å². The Kier molecular flexibility index (Phi) is 4.22. The molecule has 8 heteroatoms. The molecule has 2 aliphatic heterocycles. The number of rotatable bonds is 3. The van der Waals surface area contributed by atoms with E-state index >= 15 is 0 Å². The number of benzene rings is 2. The van der Waals surface area contributed by atoms with Crippen molar-refractivity contribution in [2.45, 2.75) is 6.04 Å². The van der Waals surface area contributed by atoms with Gasteiger partial charge in [0, 0.05) is 11.3 Å². The lowest BCUT2D eigenvalue weighted by Crippen LogP contribution is -2.29. The summed E-state index contributed by atoms with van der Waals surface area (Å²) in [6.45, 7) is 0.0645. The molecule has 1 unspecified atom stereocenters. The topological polar surface area (TPSA) is 113 Å². The van der Waals surface area contributed by atoms with Crippen LogP contribution < -0.4 is 14.4 Å². The molecule has 31 heavy (non-hydrogen) atoms. The number of anilines is 1. The van der Waals surface area contributed by atoms with Gasteiger partial charge in [-0.1, -0.05) is 0 Å². The number of fused-ring (bicyclic) bond motifs is 1. The Bertz CT molecular complexity index is 1270. The average molecular weight is 414 g/mol. The first-order valence-corrected chi connectivity index (χ1v) is 9.33.